The second kappa shape index (κ2) is 10.1. The number of phenolic OH excluding ortho intramolecular Hbond substituents is 1. The lowest BCUT2D eigenvalue weighted by Gasteiger charge is -2.34. The summed E-state index contributed by atoms with van der Waals surface area (Å²) in [6.45, 7) is 10.3. The fourth-order valence-corrected chi connectivity index (χ4v) is 8.10. The molecule has 0 aliphatic carbocycles. The van der Waals surface area contributed by atoms with Crippen LogP contribution in [0.5, 0.6) is 11.8 Å². The summed E-state index contributed by atoms with van der Waals surface area (Å²) in [5, 5.41) is 16.6. The number of hydrogen-bond donors (Lipinski definition) is 2. The lowest BCUT2D eigenvalue weighted by atomic mass is 9.94. The van der Waals surface area contributed by atoms with Crippen LogP contribution in [0.3, 0.4) is 0 Å². The van der Waals surface area contributed by atoms with Crippen LogP contribution >= 0.6 is 0 Å². The summed E-state index contributed by atoms with van der Waals surface area (Å²) >= 11 is 0. The van der Waals surface area contributed by atoms with Crippen LogP contribution in [0.1, 0.15) is 44.6 Å². The number of nitrogens with zero attached hydrogens (tertiary/aromatic N) is 5. The summed E-state index contributed by atoms with van der Waals surface area (Å²) in [7, 11) is 0. The van der Waals surface area contributed by atoms with Gasteiger partial charge in [0.05, 0.1) is 10.9 Å². The molecule has 4 saturated heterocycles. The molecule has 0 spiro atoms. The van der Waals surface area contributed by atoms with Gasteiger partial charge in [-0.3, -0.25) is 9.88 Å². The number of aryl methyl sites for hydroxylation is 1. The van der Waals surface area contributed by atoms with Crippen LogP contribution in [-0.4, -0.2) is 75.4 Å². The number of pyridine rings is 1. The fourth-order valence-electron chi connectivity index (χ4n) is 8.10. The van der Waals surface area contributed by atoms with Gasteiger partial charge < -0.3 is 20.1 Å². The summed E-state index contributed by atoms with van der Waals surface area (Å²) in [5.41, 5.74) is 3.11. The smallest absolute Gasteiger partial charge is 0.319 e. The standard InChI is InChI=1S/C34H37FN6O2/c1-3-21-6-4-7-22-12-25(42)13-26(28(21)22)30-29(35)31-27(15-36-30)32(40-17-23-8-9-24(18-40)37-23)39-33(38-31)43-19-34-10-5-11-41(34)16-20(2)14-34/h4,6-7,12-13,15,23-24,37,42H,2-3,5,8-11,14,16-19H2,1H3. The van der Waals surface area contributed by atoms with Gasteiger partial charge in [0.15, 0.2) is 5.82 Å². The van der Waals surface area contributed by atoms with Gasteiger partial charge in [-0.05, 0) is 73.5 Å². The van der Waals surface area contributed by atoms with Crippen molar-refractivity contribution in [2.75, 3.05) is 37.7 Å². The first kappa shape index (κ1) is 26.8. The second-order valence-corrected chi connectivity index (χ2v) is 12.9. The average Bonchev–Trinajstić information content (AvgIpc) is 3.65. The van der Waals surface area contributed by atoms with E-state index in [0.717, 1.165) is 81.0 Å². The minimum atomic E-state index is -0.531. The third-order valence-electron chi connectivity index (χ3n) is 10.0. The first-order chi connectivity index (χ1) is 20.9. The van der Waals surface area contributed by atoms with Crippen LogP contribution in [0.2, 0.25) is 0 Å². The maximum absolute atomic E-state index is 16.8. The number of halogens is 1. The highest BCUT2D eigenvalue weighted by atomic mass is 19.1. The lowest BCUT2D eigenvalue weighted by molar-refractivity contribution is 0.108. The Hall–Kier alpha value is -3.82. The number of anilines is 1. The molecule has 2 N–H and O–H groups in total. The van der Waals surface area contributed by atoms with E-state index in [1.54, 1.807) is 18.3 Å². The molecule has 8 rings (SSSR count). The van der Waals surface area contributed by atoms with Gasteiger partial charge in [-0.25, -0.2) is 4.39 Å². The van der Waals surface area contributed by atoms with Gasteiger partial charge in [0.2, 0.25) is 0 Å². The summed E-state index contributed by atoms with van der Waals surface area (Å²) in [4.78, 5) is 19.0. The maximum Gasteiger partial charge on any atom is 0.319 e. The van der Waals surface area contributed by atoms with E-state index in [1.807, 2.05) is 18.2 Å². The number of nitrogens with one attached hydrogen (secondary N) is 1. The number of aromatic hydroxyl groups is 1. The van der Waals surface area contributed by atoms with Gasteiger partial charge in [0.25, 0.3) is 0 Å². The molecule has 4 aliphatic rings. The molecule has 3 atom stereocenters. The average molecular weight is 581 g/mol. The topological polar surface area (TPSA) is 86.6 Å². The Morgan fingerprint density at radius 3 is 2.84 bits per heavy atom. The lowest BCUT2D eigenvalue weighted by Crippen LogP contribution is -2.51. The van der Waals surface area contributed by atoms with Crippen molar-refractivity contribution >= 4 is 27.5 Å². The summed E-state index contributed by atoms with van der Waals surface area (Å²) < 4.78 is 23.2. The quantitative estimate of drug-likeness (QED) is 0.295. The molecule has 9 heteroatoms. The Bertz CT molecular complexity index is 1770. The molecule has 0 amide bonds. The Kier molecular flexibility index (Phi) is 6.31. The zero-order valence-corrected chi connectivity index (χ0v) is 24.6. The molecule has 4 aromatic rings. The number of fused-ring (bicyclic) bond motifs is 5. The van der Waals surface area contributed by atoms with Crippen molar-refractivity contribution in [2.24, 2.45) is 0 Å². The van der Waals surface area contributed by atoms with E-state index in [2.05, 4.69) is 33.6 Å². The molecule has 222 valence electrons. The first-order valence-corrected chi connectivity index (χ1v) is 15.6. The fraction of sp³-hybridized carbons (Fsp3) is 0.441. The summed E-state index contributed by atoms with van der Waals surface area (Å²) in [6, 6.07) is 10.2. The third-order valence-corrected chi connectivity index (χ3v) is 10.0. The Balaban J connectivity index is 1.27. The van der Waals surface area contributed by atoms with Gasteiger partial charge in [-0.1, -0.05) is 37.3 Å². The van der Waals surface area contributed by atoms with Crippen molar-refractivity contribution in [3.05, 3.63) is 60.1 Å². The normalized spacial score (nSPS) is 25.3. The van der Waals surface area contributed by atoms with Gasteiger partial charge in [0, 0.05) is 43.5 Å². The minimum Gasteiger partial charge on any atom is -0.508 e. The number of ether oxygens (including phenoxy) is 1. The molecule has 4 fully saturated rings. The molecule has 2 bridgehead atoms. The van der Waals surface area contributed by atoms with Gasteiger partial charge in [0.1, 0.15) is 29.4 Å². The highest BCUT2D eigenvalue weighted by Crippen LogP contribution is 2.42. The minimum absolute atomic E-state index is 0.0688. The predicted molar refractivity (Wildman–Crippen MR) is 166 cm³/mol. The molecular weight excluding hydrogens is 543 g/mol. The molecule has 2 aromatic heterocycles. The van der Waals surface area contributed by atoms with Crippen molar-refractivity contribution in [3.8, 4) is 23.0 Å². The number of aromatic nitrogens is 3. The molecular formula is C34H37FN6O2. The maximum atomic E-state index is 16.8. The molecule has 0 radical (unpaired) electrons. The number of hydrogen-bond acceptors (Lipinski definition) is 8. The predicted octanol–water partition coefficient (Wildman–Crippen LogP) is 5.37. The highest BCUT2D eigenvalue weighted by molar-refractivity contribution is 6.01. The molecule has 8 nitrogen and oxygen atoms in total. The molecule has 0 saturated carbocycles. The van der Waals surface area contributed by atoms with E-state index >= 15 is 4.39 Å². The van der Waals surface area contributed by atoms with Crippen LogP contribution in [0.15, 0.2) is 48.7 Å². The van der Waals surface area contributed by atoms with Crippen molar-refractivity contribution in [1.82, 2.24) is 25.2 Å². The van der Waals surface area contributed by atoms with E-state index in [0.29, 0.717) is 35.5 Å². The van der Waals surface area contributed by atoms with Crippen molar-refractivity contribution in [1.29, 1.82) is 0 Å². The van der Waals surface area contributed by atoms with Gasteiger partial charge in [-0.2, -0.15) is 9.97 Å². The largest absolute Gasteiger partial charge is 0.508 e. The first-order valence-electron chi connectivity index (χ1n) is 15.6. The van der Waals surface area contributed by atoms with Crippen molar-refractivity contribution in [3.63, 3.8) is 0 Å². The van der Waals surface area contributed by atoms with Crippen LogP contribution in [0, 0.1) is 5.82 Å². The Labute approximate surface area is 250 Å². The van der Waals surface area contributed by atoms with Crippen LogP contribution in [-0.2, 0) is 6.42 Å². The SMILES string of the molecule is C=C1CN2CCCC2(COc2nc(N3CC4CCC(C3)N4)c3cnc(-c4cc(O)cc5cccc(CC)c45)c(F)c3n2)C1. The summed E-state index contributed by atoms with van der Waals surface area (Å²) in [6.07, 6.45) is 7.78. The number of piperazine rings is 1. The Morgan fingerprint density at radius 1 is 1.19 bits per heavy atom. The Morgan fingerprint density at radius 2 is 2.02 bits per heavy atom. The highest BCUT2D eigenvalue weighted by Gasteiger charge is 2.46. The van der Waals surface area contributed by atoms with E-state index < -0.39 is 5.82 Å². The van der Waals surface area contributed by atoms with E-state index in [9.17, 15) is 5.11 Å². The van der Waals surface area contributed by atoms with Crippen LogP contribution in [0.25, 0.3) is 32.9 Å². The van der Waals surface area contributed by atoms with Crippen molar-refractivity contribution in [2.45, 2.75) is 63.1 Å². The third kappa shape index (κ3) is 4.43. The molecule has 4 aliphatic heterocycles. The number of phenols is 1. The number of rotatable bonds is 6. The number of benzene rings is 2. The molecule has 43 heavy (non-hydrogen) atoms. The zero-order chi connectivity index (χ0) is 29.3. The van der Waals surface area contributed by atoms with E-state index in [1.165, 1.54) is 5.57 Å². The van der Waals surface area contributed by atoms with Gasteiger partial charge >= 0.3 is 6.01 Å². The van der Waals surface area contributed by atoms with E-state index in [4.69, 9.17) is 14.7 Å². The zero-order valence-electron chi connectivity index (χ0n) is 24.6. The summed E-state index contributed by atoms with van der Waals surface area (Å²) in [5.74, 6) is 0.207. The molecule has 6 heterocycles. The monoisotopic (exact) mass is 580 g/mol. The van der Waals surface area contributed by atoms with Crippen molar-refractivity contribution < 1.29 is 14.2 Å². The molecule has 2 aromatic carbocycles. The van der Waals surface area contributed by atoms with E-state index in [-0.39, 0.29) is 28.5 Å². The molecule has 3 unspecified atom stereocenters. The van der Waals surface area contributed by atoms with Crippen LogP contribution < -0.4 is 15.0 Å². The van der Waals surface area contributed by atoms with Crippen LogP contribution in [0.4, 0.5) is 10.2 Å². The second-order valence-electron chi connectivity index (χ2n) is 12.9. The van der Waals surface area contributed by atoms with Gasteiger partial charge in [-0.15, -0.1) is 0 Å².